The molecule has 2 unspecified atom stereocenters. The molecule has 0 aliphatic carbocycles. The Balaban J connectivity index is 1.95. The average Bonchev–Trinajstić information content (AvgIpc) is 2.70. The molecule has 164 valence electrons. The average molecular weight is 414 g/mol. The second-order valence-corrected chi connectivity index (χ2v) is 6.87. The number of morpholine rings is 1. The zero-order valence-electron chi connectivity index (χ0n) is 17.6. The fourth-order valence-electron chi connectivity index (χ4n) is 3.35. The Labute approximate surface area is 171 Å². The zero-order chi connectivity index (χ0) is 21.2. The Morgan fingerprint density at radius 3 is 2.83 bits per heavy atom. The first-order valence-corrected chi connectivity index (χ1v) is 9.93. The second-order valence-electron chi connectivity index (χ2n) is 6.87. The minimum absolute atomic E-state index is 0.0443. The number of para-hydroxylation sites is 1. The zero-order valence-corrected chi connectivity index (χ0v) is 17.6. The van der Waals surface area contributed by atoms with E-state index in [0.717, 1.165) is 19.8 Å². The van der Waals surface area contributed by atoms with E-state index in [0.29, 0.717) is 42.5 Å². The number of alkyl halides is 2. The van der Waals surface area contributed by atoms with Crippen molar-refractivity contribution in [2.75, 3.05) is 40.0 Å². The van der Waals surface area contributed by atoms with Crippen molar-refractivity contribution in [3.8, 4) is 11.5 Å². The van der Waals surface area contributed by atoms with Gasteiger partial charge in [-0.2, -0.15) is 8.78 Å². The third-order valence-electron chi connectivity index (χ3n) is 4.79. The van der Waals surface area contributed by atoms with E-state index in [-0.39, 0.29) is 12.3 Å². The first-order valence-electron chi connectivity index (χ1n) is 9.93. The molecule has 7 nitrogen and oxygen atoms in total. The predicted octanol–water partition coefficient (Wildman–Crippen LogP) is 2.46. The molecule has 2 rings (SSSR count). The van der Waals surface area contributed by atoms with Crippen molar-refractivity contribution in [2.24, 2.45) is 4.99 Å². The molecule has 1 saturated heterocycles. The van der Waals surface area contributed by atoms with Crippen molar-refractivity contribution in [1.82, 2.24) is 15.5 Å². The highest BCUT2D eigenvalue weighted by Crippen LogP contribution is 2.32. The van der Waals surface area contributed by atoms with Crippen LogP contribution in [-0.2, 0) is 11.3 Å². The van der Waals surface area contributed by atoms with Gasteiger partial charge in [0.2, 0.25) is 0 Å². The van der Waals surface area contributed by atoms with Gasteiger partial charge in [-0.15, -0.1) is 0 Å². The Morgan fingerprint density at radius 2 is 2.17 bits per heavy atom. The summed E-state index contributed by atoms with van der Waals surface area (Å²) >= 11 is 0. The van der Waals surface area contributed by atoms with Gasteiger partial charge in [0, 0.05) is 44.3 Å². The fourth-order valence-corrected chi connectivity index (χ4v) is 3.35. The largest absolute Gasteiger partial charge is 0.490 e. The summed E-state index contributed by atoms with van der Waals surface area (Å²) in [4.78, 5) is 6.61. The molecule has 9 heteroatoms. The van der Waals surface area contributed by atoms with E-state index in [9.17, 15) is 8.78 Å². The van der Waals surface area contributed by atoms with Gasteiger partial charge in [-0.25, -0.2) is 0 Å². The van der Waals surface area contributed by atoms with Crippen LogP contribution in [0.1, 0.15) is 26.3 Å². The topological polar surface area (TPSA) is 67.4 Å². The smallest absolute Gasteiger partial charge is 0.387 e. The number of hydrogen-bond donors (Lipinski definition) is 2. The van der Waals surface area contributed by atoms with Crippen molar-refractivity contribution in [2.45, 2.75) is 46.0 Å². The summed E-state index contributed by atoms with van der Waals surface area (Å²) in [6.45, 7) is 6.87. The van der Waals surface area contributed by atoms with E-state index in [2.05, 4.69) is 34.4 Å². The Morgan fingerprint density at radius 1 is 1.38 bits per heavy atom. The number of aliphatic imine (C=N–C) groups is 1. The third-order valence-corrected chi connectivity index (χ3v) is 4.79. The summed E-state index contributed by atoms with van der Waals surface area (Å²) in [7, 11) is 1.67. The van der Waals surface area contributed by atoms with Gasteiger partial charge in [-0.05, 0) is 26.8 Å². The first-order chi connectivity index (χ1) is 14.0. The maximum absolute atomic E-state index is 12.9. The van der Waals surface area contributed by atoms with Crippen LogP contribution in [-0.4, -0.2) is 69.5 Å². The van der Waals surface area contributed by atoms with Crippen LogP contribution in [0.25, 0.3) is 0 Å². The first kappa shape index (κ1) is 23.2. The highest BCUT2D eigenvalue weighted by molar-refractivity contribution is 5.79. The lowest BCUT2D eigenvalue weighted by Crippen LogP contribution is -2.52. The van der Waals surface area contributed by atoms with Gasteiger partial charge >= 0.3 is 6.61 Å². The number of rotatable bonds is 9. The van der Waals surface area contributed by atoms with Crippen LogP contribution in [0, 0.1) is 0 Å². The molecular weight excluding hydrogens is 382 g/mol. The van der Waals surface area contributed by atoms with Crippen molar-refractivity contribution in [3.05, 3.63) is 23.8 Å². The summed E-state index contributed by atoms with van der Waals surface area (Å²) in [6, 6.07) is 5.75. The molecule has 0 amide bonds. The Kier molecular flexibility index (Phi) is 9.40. The number of benzene rings is 1. The fraction of sp³-hybridized carbons (Fsp3) is 0.650. The molecule has 1 aliphatic rings. The van der Waals surface area contributed by atoms with Crippen molar-refractivity contribution in [3.63, 3.8) is 0 Å². The molecule has 0 spiro atoms. The maximum Gasteiger partial charge on any atom is 0.387 e. The van der Waals surface area contributed by atoms with Gasteiger partial charge in [-0.3, -0.25) is 9.89 Å². The van der Waals surface area contributed by atoms with Crippen LogP contribution in [0.2, 0.25) is 0 Å². The summed E-state index contributed by atoms with van der Waals surface area (Å²) in [6.07, 6.45) is 0. The summed E-state index contributed by atoms with van der Waals surface area (Å²) in [5, 5.41) is 6.45. The molecular formula is C20H32F2N4O3. The van der Waals surface area contributed by atoms with Crippen LogP contribution < -0.4 is 20.1 Å². The molecule has 0 aromatic heterocycles. The summed E-state index contributed by atoms with van der Waals surface area (Å²) in [5.41, 5.74) is 0.564. The second kappa shape index (κ2) is 11.8. The molecule has 1 aromatic carbocycles. The molecule has 0 bridgehead atoms. The molecule has 1 fully saturated rings. The number of ether oxygens (including phenoxy) is 3. The van der Waals surface area contributed by atoms with Crippen molar-refractivity contribution >= 4 is 5.96 Å². The number of nitrogens with zero attached hydrogens (tertiary/aromatic N) is 2. The van der Waals surface area contributed by atoms with Gasteiger partial charge in [-0.1, -0.05) is 12.1 Å². The number of hydrogen-bond acceptors (Lipinski definition) is 5. The molecule has 0 radical (unpaired) electrons. The molecule has 2 atom stereocenters. The SMILES string of the molecule is CCOc1cccc(CNC(=NC)NCC(C)N2CCOCC2C)c1OC(F)F. The maximum atomic E-state index is 12.9. The molecule has 2 N–H and O–H groups in total. The summed E-state index contributed by atoms with van der Waals surface area (Å²) < 4.78 is 41.3. The van der Waals surface area contributed by atoms with Crippen LogP contribution in [0.4, 0.5) is 8.78 Å². The highest BCUT2D eigenvalue weighted by atomic mass is 19.3. The Bertz CT molecular complexity index is 661. The van der Waals surface area contributed by atoms with Crippen molar-refractivity contribution in [1.29, 1.82) is 0 Å². The van der Waals surface area contributed by atoms with Gasteiger partial charge in [0.1, 0.15) is 0 Å². The Hall–Kier alpha value is -2.13. The monoisotopic (exact) mass is 414 g/mol. The van der Waals surface area contributed by atoms with Gasteiger partial charge in [0.15, 0.2) is 17.5 Å². The predicted molar refractivity (Wildman–Crippen MR) is 109 cm³/mol. The number of halogens is 2. The molecule has 29 heavy (non-hydrogen) atoms. The molecule has 1 aliphatic heterocycles. The van der Waals surface area contributed by atoms with Gasteiger partial charge < -0.3 is 24.8 Å². The van der Waals surface area contributed by atoms with Crippen LogP contribution in [0.5, 0.6) is 11.5 Å². The van der Waals surface area contributed by atoms with E-state index in [1.807, 2.05) is 0 Å². The lowest BCUT2D eigenvalue weighted by molar-refractivity contribution is -0.0520. The minimum Gasteiger partial charge on any atom is -0.490 e. The van der Waals surface area contributed by atoms with E-state index in [4.69, 9.17) is 14.2 Å². The van der Waals surface area contributed by atoms with Crippen LogP contribution >= 0.6 is 0 Å². The van der Waals surface area contributed by atoms with E-state index < -0.39 is 6.61 Å². The lowest BCUT2D eigenvalue weighted by atomic mass is 10.2. The molecule has 1 aromatic rings. The number of guanidine groups is 1. The van der Waals surface area contributed by atoms with E-state index in [1.165, 1.54) is 0 Å². The normalized spacial score (nSPS) is 19.1. The highest BCUT2D eigenvalue weighted by Gasteiger charge is 2.23. The van der Waals surface area contributed by atoms with Crippen LogP contribution in [0.15, 0.2) is 23.2 Å². The van der Waals surface area contributed by atoms with Gasteiger partial charge in [0.05, 0.1) is 19.8 Å². The van der Waals surface area contributed by atoms with Gasteiger partial charge in [0.25, 0.3) is 0 Å². The molecule has 0 saturated carbocycles. The van der Waals surface area contributed by atoms with Crippen molar-refractivity contribution < 1.29 is 23.0 Å². The molecule has 1 heterocycles. The third kappa shape index (κ3) is 7.01. The quantitative estimate of drug-likeness (QED) is 0.478. The van der Waals surface area contributed by atoms with E-state index in [1.54, 1.807) is 32.2 Å². The standard InChI is InChI=1S/C20H32F2N4O3/c1-5-28-17-8-6-7-16(18(17)29-19(21)22)12-25-20(23-4)24-11-14(2)26-9-10-27-13-15(26)3/h6-8,14-15,19H,5,9-13H2,1-4H3,(H2,23,24,25). The lowest BCUT2D eigenvalue weighted by Gasteiger charge is -2.38. The van der Waals surface area contributed by atoms with Crippen LogP contribution in [0.3, 0.4) is 0 Å². The minimum atomic E-state index is -2.93. The summed E-state index contributed by atoms with van der Waals surface area (Å²) in [5.74, 6) is 0.926. The number of nitrogens with one attached hydrogen (secondary N) is 2. The van der Waals surface area contributed by atoms with E-state index >= 15 is 0 Å².